The van der Waals surface area contributed by atoms with Crippen molar-refractivity contribution in [1.82, 2.24) is 41.5 Å². The number of nitrogens with zero attached hydrogens (tertiary/aromatic N) is 2. The summed E-state index contributed by atoms with van der Waals surface area (Å²) < 4.78 is 11.1. The number of guanidine groups is 1. The fourth-order valence-corrected chi connectivity index (χ4v) is 6.19. The van der Waals surface area contributed by atoms with Crippen molar-refractivity contribution >= 4 is 46.4 Å². The van der Waals surface area contributed by atoms with E-state index in [1.54, 1.807) is 30.5 Å². The van der Waals surface area contributed by atoms with Crippen LogP contribution < -0.4 is 38.1 Å². The van der Waals surface area contributed by atoms with Gasteiger partial charge in [0.1, 0.15) is 30.8 Å². The molecule has 5 amide bonds. The lowest BCUT2D eigenvalue weighted by Crippen LogP contribution is -2.59. The Balaban J connectivity index is 1.44. The first kappa shape index (κ1) is 40.9. The third-order valence-corrected chi connectivity index (χ3v) is 9.01. The van der Waals surface area contributed by atoms with Crippen molar-refractivity contribution in [3.8, 4) is 0 Å². The summed E-state index contributed by atoms with van der Waals surface area (Å²) in [6.07, 6.45) is 5.38. The molecule has 0 unspecified atom stereocenters. The Morgan fingerprint density at radius 2 is 1.41 bits per heavy atom. The Kier molecular flexibility index (Phi) is 15.3. The van der Waals surface area contributed by atoms with E-state index in [0.29, 0.717) is 12.1 Å². The van der Waals surface area contributed by atoms with Crippen LogP contribution in [0.4, 0.5) is 0 Å². The van der Waals surface area contributed by atoms with Crippen molar-refractivity contribution in [3.05, 3.63) is 90.1 Å². The number of para-hydroxylation sites is 1. The summed E-state index contributed by atoms with van der Waals surface area (Å²) in [6.45, 7) is 0.279. The summed E-state index contributed by atoms with van der Waals surface area (Å²) in [4.78, 5) is 83.1. The first-order valence-electron chi connectivity index (χ1n) is 18.4. The highest BCUT2D eigenvalue weighted by molar-refractivity contribution is 5.96. The van der Waals surface area contributed by atoms with E-state index in [1.165, 1.54) is 12.5 Å². The van der Waals surface area contributed by atoms with Gasteiger partial charge in [0.15, 0.2) is 5.96 Å². The van der Waals surface area contributed by atoms with E-state index in [-0.39, 0.29) is 71.2 Å². The average molecular weight is 772 g/mol. The van der Waals surface area contributed by atoms with Crippen LogP contribution in [0.25, 0.3) is 10.9 Å². The fourth-order valence-electron chi connectivity index (χ4n) is 6.19. The molecule has 0 bridgehead atoms. The summed E-state index contributed by atoms with van der Waals surface area (Å²) in [5.41, 5.74) is 14.0. The zero-order valence-corrected chi connectivity index (χ0v) is 30.9. The maximum absolute atomic E-state index is 14.2. The SMILES string of the molecule is NC(N)=NCCC[C@@H]1NC(=O)[C@@H](Cc2ccccc2)NC(=O)[C@H](Cc2cnc[nH]2)NC(=O)COCCOCCNC(=O)[C@H](Cc2c[nH]c3ccccc23)NC1=O. The number of aromatic amines is 2. The van der Waals surface area contributed by atoms with Gasteiger partial charge < -0.3 is 57.5 Å². The van der Waals surface area contributed by atoms with E-state index in [2.05, 4.69) is 46.5 Å². The molecule has 18 nitrogen and oxygen atoms in total. The monoisotopic (exact) mass is 771 g/mol. The van der Waals surface area contributed by atoms with Gasteiger partial charge in [-0.15, -0.1) is 0 Å². The molecule has 0 spiro atoms. The molecule has 1 aliphatic heterocycles. The Bertz CT molecular complexity index is 1930. The Hall–Kier alpha value is -6.27. The van der Waals surface area contributed by atoms with Gasteiger partial charge in [0.25, 0.3) is 0 Å². The number of amides is 5. The molecule has 18 heteroatoms. The van der Waals surface area contributed by atoms with Crippen LogP contribution in [0.15, 0.2) is 78.3 Å². The lowest BCUT2D eigenvalue weighted by atomic mass is 10.0. The van der Waals surface area contributed by atoms with Gasteiger partial charge in [-0.3, -0.25) is 29.0 Å². The highest BCUT2D eigenvalue weighted by Crippen LogP contribution is 2.19. The lowest BCUT2D eigenvalue weighted by Gasteiger charge is -2.26. The number of rotatable bonds is 10. The normalized spacial score (nSPS) is 21.1. The molecule has 11 N–H and O–H groups in total. The summed E-state index contributed by atoms with van der Waals surface area (Å²) in [5, 5.41) is 14.9. The van der Waals surface area contributed by atoms with Gasteiger partial charge in [-0.2, -0.15) is 0 Å². The van der Waals surface area contributed by atoms with Gasteiger partial charge in [0.2, 0.25) is 29.5 Å². The van der Waals surface area contributed by atoms with Crippen LogP contribution in [0, 0.1) is 0 Å². The van der Waals surface area contributed by atoms with Gasteiger partial charge in [0, 0.05) is 61.3 Å². The van der Waals surface area contributed by atoms with Crippen LogP contribution in [-0.4, -0.2) is 114 Å². The molecule has 298 valence electrons. The minimum Gasteiger partial charge on any atom is -0.377 e. The summed E-state index contributed by atoms with van der Waals surface area (Å²) >= 11 is 0. The smallest absolute Gasteiger partial charge is 0.246 e. The predicted octanol–water partition coefficient (Wildman–Crippen LogP) is -0.925. The zero-order valence-electron chi connectivity index (χ0n) is 30.9. The van der Waals surface area contributed by atoms with Crippen LogP contribution in [0.3, 0.4) is 0 Å². The number of nitrogens with one attached hydrogen (secondary N) is 7. The number of hydrogen-bond acceptors (Lipinski definition) is 9. The molecular weight excluding hydrogens is 722 g/mol. The first-order valence-corrected chi connectivity index (χ1v) is 18.4. The molecule has 2 aromatic heterocycles. The number of benzene rings is 2. The Labute approximate surface area is 323 Å². The Morgan fingerprint density at radius 1 is 0.732 bits per heavy atom. The van der Waals surface area contributed by atoms with Crippen molar-refractivity contribution in [1.29, 1.82) is 0 Å². The molecular formula is C38H49N11O7. The number of H-pyrrole nitrogens is 2. The zero-order chi connectivity index (χ0) is 39.7. The van der Waals surface area contributed by atoms with Gasteiger partial charge in [-0.05, 0) is 30.0 Å². The number of aromatic nitrogens is 3. The molecule has 2 aromatic carbocycles. The second kappa shape index (κ2) is 21.0. The molecule has 3 heterocycles. The molecule has 1 saturated heterocycles. The van der Waals surface area contributed by atoms with Crippen molar-refractivity contribution < 1.29 is 33.4 Å². The molecule has 1 fully saturated rings. The molecule has 0 saturated carbocycles. The highest BCUT2D eigenvalue weighted by atomic mass is 16.5. The number of carbonyl (C=O) groups is 5. The van der Waals surface area contributed by atoms with E-state index in [4.69, 9.17) is 20.9 Å². The van der Waals surface area contributed by atoms with Crippen molar-refractivity contribution in [3.63, 3.8) is 0 Å². The molecule has 4 aromatic rings. The molecule has 5 rings (SSSR count). The lowest BCUT2D eigenvalue weighted by molar-refractivity contribution is -0.135. The van der Waals surface area contributed by atoms with Gasteiger partial charge in [-0.25, -0.2) is 4.98 Å². The second-order valence-corrected chi connectivity index (χ2v) is 13.2. The maximum atomic E-state index is 14.2. The first-order chi connectivity index (χ1) is 27.2. The van der Waals surface area contributed by atoms with Gasteiger partial charge in [-0.1, -0.05) is 48.5 Å². The number of aliphatic imine (C=N–C) groups is 1. The van der Waals surface area contributed by atoms with Crippen molar-refractivity contribution in [2.24, 2.45) is 16.5 Å². The predicted molar refractivity (Wildman–Crippen MR) is 207 cm³/mol. The van der Waals surface area contributed by atoms with Crippen LogP contribution in [-0.2, 0) is 52.7 Å². The third kappa shape index (κ3) is 12.7. The van der Waals surface area contributed by atoms with Crippen LogP contribution in [0.1, 0.15) is 29.7 Å². The topological polar surface area (TPSA) is 273 Å². The molecule has 0 radical (unpaired) electrons. The number of hydrogen-bond donors (Lipinski definition) is 9. The number of nitrogens with two attached hydrogens (primary N) is 2. The van der Waals surface area contributed by atoms with Crippen LogP contribution in [0.5, 0.6) is 0 Å². The van der Waals surface area contributed by atoms with Crippen LogP contribution >= 0.6 is 0 Å². The Morgan fingerprint density at radius 3 is 2.16 bits per heavy atom. The summed E-state index contributed by atoms with van der Waals surface area (Å²) in [7, 11) is 0. The van der Waals surface area contributed by atoms with Crippen molar-refractivity contribution in [2.45, 2.75) is 56.3 Å². The molecule has 1 aliphatic rings. The minimum absolute atomic E-state index is 0.0367. The number of carbonyl (C=O) groups excluding carboxylic acids is 5. The van der Waals surface area contributed by atoms with Crippen LogP contribution in [0.2, 0.25) is 0 Å². The number of fused-ring (bicyclic) bond motifs is 1. The van der Waals surface area contributed by atoms with E-state index < -0.39 is 53.7 Å². The standard InChI is InChI=1S/C38H49N11O7/c39-38(40)43-12-6-11-29-35(52)49-31(18-25-20-44-28-10-5-4-9-27(25)28)34(51)42-13-14-55-15-16-56-22-33(50)46-32(19-26-21-41-23-45-26)37(54)48-30(36(53)47-29)17-24-7-2-1-3-8-24/h1-5,7-10,20-21,23,29-32,44H,6,11-19,22H2,(H,41,45)(H,42,51)(H,46,50)(H,47,53)(H,48,54)(H,49,52)(H4,39,40,43)/t29-,30+,31-,32-/m0/s1. The third-order valence-electron chi connectivity index (χ3n) is 9.01. The maximum Gasteiger partial charge on any atom is 0.246 e. The number of imidazole rings is 1. The summed E-state index contributed by atoms with van der Waals surface area (Å²) in [5.74, 6) is -3.10. The van der Waals surface area contributed by atoms with E-state index in [1.807, 2.05) is 30.3 Å². The largest absolute Gasteiger partial charge is 0.377 e. The molecule has 0 aliphatic carbocycles. The number of ether oxygens (including phenoxy) is 2. The average Bonchev–Trinajstić information content (AvgIpc) is 3.86. The van der Waals surface area contributed by atoms with Crippen molar-refractivity contribution in [2.75, 3.05) is 39.5 Å². The van der Waals surface area contributed by atoms with Gasteiger partial charge >= 0.3 is 0 Å². The molecule has 56 heavy (non-hydrogen) atoms. The minimum atomic E-state index is -1.19. The van der Waals surface area contributed by atoms with E-state index >= 15 is 0 Å². The van der Waals surface area contributed by atoms with Gasteiger partial charge in [0.05, 0.1) is 26.1 Å². The summed E-state index contributed by atoms with van der Waals surface area (Å²) in [6, 6.07) is 12.1. The van der Waals surface area contributed by atoms with E-state index in [9.17, 15) is 24.0 Å². The fraction of sp³-hybridized carbons (Fsp3) is 0.395. The quantitative estimate of drug-likeness (QED) is 0.0543. The molecule has 4 atom stereocenters. The second-order valence-electron chi connectivity index (χ2n) is 13.2. The van der Waals surface area contributed by atoms with E-state index in [0.717, 1.165) is 22.0 Å². The highest BCUT2D eigenvalue weighted by Gasteiger charge is 2.32.